The summed E-state index contributed by atoms with van der Waals surface area (Å²) in [5.41, 5.74) is 4.67. The molecular weight excluding hydrogens is 507 g/mol. The molecule has 0 aliphatic carbocycles. The van der Waals surface area contributed by atoms with Crippen molar-refractivity contribution in [3.63, 3.8) is 0 Å². The van der Waals surface area contributed by atoms with Gasteiger partial charge in [-0.2, -0.15) is 23.3 Å². The lowest BCUT2D eigenvalue weighted by Gasteiger charge is -2.35. The van der Waals surface area contributed by atoms with Gasteiger partial charge in [-0.25, -0.2) is 4.98 Å². The summed E-state index contributed by atoms with van der Waals surface area (Å²) in [5.74, 6) is 1.61. The highest BCUT2D eigenvalue weighted by Gasteiger charge is 2.32. The fourth-order valence-corrected chi connectivity index (χ4v) is 4.63. The Bertz CT molecular complexity index is 1410. The van der Waals surface area contributed by atoms with E-state index in [1.165, 1.54) is 10.5 Å². The number of hydrogen-bond donors (Lipinski definition) is 0. The Hall–Kier alpha value is -3.73. The molecule has 0 radical (unpaired) electrons. The van der Waals surface area contributed by atoms with Gasteiger partial charge in [0.05, 0.1) is 13.1 Å². The molecule has 1 saturated heterocycles. The van der Waals surface area contributed by atoms with Crippen molar-refractivity contribution >= 4 is 5.82 Å². The topological polar surface area (TPSA) is 76.1 Å². The van der Waals surface area contributed by atoms with Crippen molar-refractivity contribution in [1.29, 1.82) is 0 Å². The third-order valence-electron chi connectivity index (χ3n) is 6.88. The molecule has 206 valence electrons. The molecule has 5 rings (SSSR count). The molecule has 11 heteroatoms. The second-order valence-electron chi connectivity index (χ2n) is 11.0. The van der Waals surface area contributed by atoms with Gasteiger partial charge >= 0.3 is 6.18 Å². The van der Waals surface area contributed by atoms with Crippen LogP contribution in [-0.4, -0.2) is 68.7 Å². The minimum atomic E-state index is -4.18. The van der Waals surface area contributed by atoms with Crippen LogP contribution in [0.5, 0.6) is 0 Å². The Kier molecular flexibility index (Phi) is 7.19. The number of anilines is 1. The number of nitrogens with zero attached hydrogens (tertiary/aromatic N) is 7. The summed E-state index contributed by atoms with van der Waals surface area (Å²) in [7, 11) is 0. The molecule has 0 N–H and O–H groups in total. The Morgan fingerprint density at radius 2 is 1.67 bits per heavy atom. The maximum atomic E-state index is 12.7. The van der Waals surface area contributed by atoms with Crippen molar-refractivity contribution in [2.24, 2.45) is 0 Å². The standard InChI is InChI=1S/C28H32F3N7O/c1-19-15-23(26-33-25(35-39-26)21-5-7-22(8-6-21)27(2,3)4)34-38(19)17-20-9-10-32-24(16-20)37-13-11-36(12-14-37)18-28(29,30)31/h5-10,15-16H,11-14,17-18H2,1-4H3. The van der Waals surface area contributed by atoms with Gasteiger partial charge in [-0.15, -0.1) is 0 Å². The predicted molar refractivity (Wildman–Crippen MR) is 142 cm³/mol. The third kappa shape index (κ3) is 6.47. The number of rotatable bonds is 6. The molecule has 0 amide bonds. The average molecular weight is 540 g/mol. The Morgan fingerprint density at radius 1 is 0.949 bits per heavy atom. The van der Waals surface area contributed by atoms with Crippen molar-refractivity contribution in [2.45, 2.75) is 45.8 Å². The predicted octanol–water partition coefficient (Wildman–Crippen LogP) is 5.33. The normalized spacial score (nSPS) is 15.2. The van der Waals surface area contributed by atoms with E-state index in [0.717, 1.165) is 22.6 Å². The number of alkyl halides is 3. The van der Waals surface area contributed by atoms with E-state index < -0.39 is 12.7 Å². The van der Waals surface area contributed by atoms with Crippen LogP contribution >= 0.6 is 0 Å². The molecule has 1 aliphatic rings. The SMILES string of the molecule is Cc1cc(-c2nc(-c3ccc(C(C)(C)C)cc3)no2)nn1Cc1ccnc(N2CCN(CC(F)(F)F)CC2)c1. The molecule has 0 atom stereocenters. The minimum absolute atomic E-state index is 0.0620. The molecule has 0 saturated carbocycles. The van der Waals surface area contributed by atoms with Crippen LogP contribution in [0.2, 0.25) is 0 Å². The highest BCUT2D eigenvalue weighted by atomic mass is 19.4. The molecule has 0 unspecified atom stereocenters. The fourth-order valence-electron chi connectivity index (χ4n) is 4.63. The Morgan fingerprint density at radius 3 is 2.33 bits per heavy atom. The molecule has 1 aliphatic heterocycles. The summed E-state index contributed by atoms with van der Waals surface area (Å²) in [6.45, 7) is 9.78. The molecule has 4 heterocycles. The number of benzene rings is 1. The van der Waals surface area contributed by atoms with Gasteiger partial charge in [0.15, 0.2) is 5.69 Å². The van der Waals surface area contributed by atoms with Crippen LogP contribution in [0.25, 0.3) is 23.0 Å². The first-order chi connectivity index (χ1) is 18.4. The van der Waals surface area contributed by atoms with E-state index >= 15 is 0 Å². The molecule has 0 bridgehead atoms. The van der Waals surface area contributed by atoms with Crippen molar-refractivity contribution in [3.05, 3.63) is 65.5 Å². The smallest absolute Gasteiger partial charge is 0.354 e. The summed E-state index contributed by atoms with van der Waals surface area (Å²) in [4.78, 5) is 12.5. The fraction of sp³-hybridized carbons (Fsp3) is 0.429. The minimum Gasteiger partial charge on any atom is -0.354 e. The maximum absolute atomic E-state index is 12.7. The Labute approximate surface area is 225 Å². The monoisotopic (exact) mass is 539 g/mol. The van der Waals surface area contributed by atoms with Gasteiger partial charge in [-0.3, -0.25) is 9.58 Å². The summed E-state index contributed by atoms with van der Waals surface area (Å²) in [5, 5.41) is 8.84. The molecule has 4 aromatic rings. The first kappa shape index (κ1) is 26.9. The van der Waals surface area contributed by atoms with Crippen molar-refractivity contribution in [1.82, 2.24) is 29.8 Å². The van der Waals surface area contributed by atoms with Crippen LogP contribution in [-0.2, 0) is 12.0 Å². The number of halogens is 3. The number of aromatic nitrogens is 5. The van der Waals surface area contributed by atoms with Crippen LogP contribution in [0.1, 0.15) is 37.6 Å². The van der Waals surface area contributed by atoms with Crippen LogP contribution < -0.4 is 4.90 Å². The molecule has 39 heavy (non-hydrogen) atoms. The van der Waals surface area contributed by atoms with Gasteiger partial charge in [0.25, 0.3) is 5.89 Å². The van der Waals surface area contributed by atoms with E-state index in [-0.39, 0.29) is 5.41 Å². The average Bonchev–Trinajstić information content (AvgIpc) is 3.51. The number of pyridine rings is 1. The zero-order valence-corrected chi connectivity index (χ0v) is 22.5. The van der Waals surface area contributed by atoms with E-state index in [1.54, 1.807) is 6.20 Å². The third-order valence-corrected chi connectivity index (χ3v) is 6.88. The highest BCUT2D eigenvalue weighted by Crippen LogP contribution is 2.27. The van der Waals surface area contributed by atoms with Crippen molar-refractivity contribution in [3.8, 4) is 23.0 Å². The van der Waals surface area contributed by atoms with E-state index in [9.17, 15) is 13.2 Å². The van der Waals surface area contributed by atoms with Crippen molar-refractivity contribution in [2.75, 3.05) is 37.6 Å². The zero-order valence-electron chi connectivity index (χ0n) is 22.5. The zero-order chi connectivity index (χ0) is 27.8. The van der Waals surface area contributed by atoms with Crippen LogP contribution in [0.3, 0.4) is 0 Å². The van der Waals surface area contributed by atoms with Gasteiger partial charge in [0.2, 0.25) is 5.82 Å². The molecule has 8 nitrogen and oxygen atoms in total. The van der Waals surface area contributed by atoms with Gasteiger partial charge in [-0.1, -0.05) is 50.2 Å². The van der Waals surface area contributed by atoms with Crippen LogP contribution in [0, 0.1) is 6.92 Å². The van der Waals surface area contributed by atoms with Gasteiger partial charge in [-0.05, 0) is 41.7 Å². The summed E-state index contributed by atoms with van der Waals surface area (Å²) < 4.78 is 45.5. The number of aryl methyl sites for hydroxylation is 1. The lowest BCUT2D eigenvalue weighted by molar-refractivity contribution is -0.146. The number of hydrogen-bond acceptors (Lipinski definition) is 7. The summed E-state index contributed by atoms with van der Waals surface area (Å²) >= 11 is 0. The molecular formula is C28H32F3N7O. The van der Waals surface area contributed by atoms with Gasteiger partial charge < -0.3 is 9.42 Å². The number of piperazine rings is 1. The van der Waals surface area contributed by atoms with Gasteiger partial charge in [0, 0.05) is 43.6 Å². The lowest BCUT2D eigenvalue weighted by atomic mass is 9.87. The van der Waals surface area contributed by atoms with E-state index in [0.29, 0.717) is 50.1 Å². The van der Waals surface area contributed by atoms with Crippen LogP contribution in [0.4, 0.5) is 19.0 Å². The van der Waals surface area contributed by atoms with Crippen LogP contribution in [0.15, 0.2) is 53.2 Å². The Balaban J connectivity index is 1.26. The molecule has 3 aromatic heterocycles. The largest absolute Gasteiger partial charge is 0.401 e. The second kappa shape index (κ2) is 10.4. The van der Waals surface area contributed by atoms with E-state index in [1.807, 2.05) is 46.8 Å². The molecule has 1 aromatic carbocycles. The summed E-state index contributed by atoms with van der Waals surface area (Å²) in [6, 6.07) is 13.9. The van der Waals surface area contributed by atoms with Crippen molar-refractivity contribution < 1.29 is 17.7 Å². The molecule has 1 fully saturated rings. The first-order valence-electron chi connectivity index (χ1n) is 12.9. The quantitative estimate of drug-likeness (QED) is 0.328. The van der Waals surface area contributed by atoms with E-state index in [4.69, 9.17) is 4.52 Å². The summed E-state index contributed by atoms with van der Waals surface area (Å²) in [6.07, 6.45) is -2.46. The molecule has 0 spiro atoms. The maximum Gasteiger partial charge on any atom is 0.401 e. The second-order valence-corrected chi connectivity index (χ2v) is 11.0. The van der Waals surface area contributed by atoms with E-state index in [2.05, 4.69) is 53.1 Å². The van der Waals surface area contributed by atoms with Gasteiger partial charge in [0.1, 0.15) is 5.82 Å². The first-order valence-corrected chi connectivity index (χ1v) is 12.9. The lowest BCUT2D eigenvalue weighted by Crippen LogP contribution is -2.49. The highest BCUT2D eigenvalue weighted by molar-refractivity contribution is 5.58.